The lowest BCUT2D eigenvalue weighted by Crippen LogP contribution is -2.38. The second-order valence-corrected chi connectivity index (χ2v) is 11.1. The molecule has 232 valence electrons. The predicted octanol–water partition coefficient (Wildman–Crippen LogP) is 3.50. The molecule has 10 nitrogen and oxygen atoms in total. The van der Waals surface area contributed by atoms with E-state index < -0.39 is 29.2 Å². The molecule has 0 saturated carbocycles. The van der Waals surface area contributed by atoms with Gasteiger partial charge < -0.3 is 21.3 Å². The van der Waals surface area contributed by atoms with Gasteiger partial charge in [-0.05, 0) is 92.5 Å². The first kappa shape index (κ1) is 31.3. The van der Waals surface area contributed by atoms with Crippen molar-refractivity contribution in [3.63, 3.8) is 0 Å². The minimum absolute atomic E-state index is 0.00930. The highest BCUT2D eigenvalue weighted by atomic mass is 19.1. The number of nitrogens with zero attached hydrogens (tertiary/aromatic N) is 3. The molecule has 1 aromatic heterocycles. The van der Waals surface area contributed by atoms with Gasteiger partial charge in [0.1, 0.15) is 17.3 Å². The van der Waals surface area contributed by atoms with Crippen LogP contribution < -0.4 is 26.8 Å². The summed E-state index contributed by atoms with van der Waals surface area (Å²) in [7, 11) is 1.64. The molecule has 0 bridgehead atoms. The Labute approximate surface area is 260 Å². The average Bonchev–Trinajstić information content (AvgIpc) is 3.59. The van der Waals surface area contributed by atoms with Crippen molar-refractivity contribution in [3.05, 3.63) is 123 Å². The summed E-state index contributed by atoms with van der Waals surface area (Å²) in [5.74, 6) is -1.29. The standard InChI is InChI=1S/C34H35FN6O4/c1-21(37-2)33(44)39-29-19-38-30(17-22-6-5-7-25(14-22)32(36)43)41(34(29)45)20-23-15-26(18-28(16-23)40-12-3-4-13-40)31(42)24-8-10-27(35)11-9-24/h5-11,14-16,18-19,21,37H,3-4,12-13,17,20H2,1-2H3,(H2,36,43)(H,39,44). The van der Waals surface area contributed by atoms with Gasteiger partial charge in [-0.25, -0.2) is 9.37 Å². The number of ketones is 1. The molecule has 4 N–H and O–H groups in total. The summed E-state index contributed by atoms with van der Waals surface area (Å²) in [6.07, 6.45) is 3.58. The maximum absolute atomic E-state index is 13.9. The van der Waals surface area contributed by atoms with E-state index in [1.54, 1.807) is 44.3 Å². The van der Waals surface area contributed by atoms with Crippen molar-refractivity contribution in [1.29, 1.82) is 0 Å². The Hall–Kier alpha value is -5.16. The molecule has 1 aliphatic heterocycles. The maximum atomic E-state index is 13.9. The Balaban J connectivity index is 1.59. The van der Waals surface area contributed by atoms with Crippen LogP contribution in [0.3, 0.4) is 0 Å². The smallest absolute Gasteiger partial charge is 0.277 e. The molecule has 2 amide bonds. The van der Waals surface area contributed by atoms with E-state index in [-0.39, 0.29) is 24.4 Å². The van der Waals surface area contributed by atoms with Crippen LogP contribution in [0.5, 0.6) is 0 Å². The molecule has 11 heteroatoms. The lowest BCUT2D eigenvalue weighted by Gasteiger charge is -2.21. The summed E-state index contributed by atoms with van der Waals surface area (Å²) < 4.78 is 15.1. The third-order valence-corrected chi connectivity index (χ3v) is 7.95. The van der Waals surface area contributed by atoms with Gasteiger partial charge in [-0.1, -0.05) is 12.1 Å². The second-order valence-electron chi connectivity index (χ2n) is 11.1. The summed E-state index contributed by atoms with van der Waals surface area (Å²) >= 11 is 0. The highest BCUT2D eigenvalue weighted by Crippen LogP contribution is 2.26. The Bertz CT molecular complexity index is 1800. The van der Waals surface area contributed by atoms with Crippen LogP contribution >= 0.6 is 0 Å². The predicted molar refractivity (Wildman–Crippen MR) is 170 cm³/mol. The molecule has 0 aliphatic carbocycles. The van der Waals surface area contributed by atoms with Crippen LogP contribution in [0.25, 0.3) is 0 Å². The molecule has 1 atom stereocenters. The van der Waals surface area contributed by atoms with E-state index in [1.807, 2.05) is 12.1 Å². The van der Waals surface area contributed by atoms with E-state index in [9.17, 15) is 23.6 Å². The van der Waals surface area contributed by atoms with Crippen LogP contribution in [0.4, 0.5) is 15.8 Å². The number of halogens is 1. The lowest BCUT2D eigenvalue weighted by atomic mass is 9.99. The quantitative estimate of drug-likeness (QED) is 0.221. The molecule has 45 heavy (non-hydrogen) atoms. The highest BCUT2D eigenvalue weighted by Gasteiger charge is 2.20. The van der Waals surface area contributed by atoms with Gasteiger partial charge in [-0.3, -0.25) is 23.7 Å². The second kappa shape index (κ2) is 13.6. The van der Waals surface area contributed by atoms with Crippen molar-refractivity contribution in [2.45, 2.75) is 38.8 Å². The summed E-state index contributed by atoms with van der Waals surface area (Å²) in [5, 5.41) is 5.51. The number of hydrogen-bond donors (Lipinski definition) is 3. The number of primary amides is 1. The maximum Gasteiger partial charge on any atom is 0.277 e. The van der Waals surface area contributed by atoms with Crippen molar-refractivity contribution >= 4 is 29.0 Å². The Kier molecular flexibility index (Phi) is 9.48. The summed E-state index contributed by atoms with van der Waals surface area (Å²) in [4.78, 5) is 58.7. The first-order valence-electron chi connectivity index (χ1n) is 14.8. The summed E-state index contributed by atoms with van der Waals surface area (Å²) in [5.41, 5.74) is 8.34. The Morgan fingerprint density at radius 1 is 0.956 bits per heavy atom. The molecule has 3 aromatic carbocycles. The van der Waals surface area contributed by atoms with Crippen molar-refractivity contribution in [3.8, 4) is 0 Å². The highest BCUT2D eigenvalue weighted by molar-refractivity contribution is 6.09. The van der Waals surface area contributed by atoms with Crippen LogP contribution in [0.2, 0.25) is 0 Å². The van der Waals surface area contributed by atoms with Gasteiger partial charge in [0.05, 0.1) is 18.8 Å². The van der Waals surface area contributed by atoms with Gasteiger partial charge in [-0.15, -0.1) is 0 Å². The number of nitrogens with one attached hydrogen (secondary N) is 2. The monoisotopic (exact) mass is 610 g/mol. The number of carbonyl (C=O) groups is 3. The molecule has 1 fully saturated rings. The molecule has 5 rings (SSSR count). The van der Waals surface area contributed by atoms with Gasteiger partial charge in [0.25, 0.3) is 5.56 Å². The van der Waals surface area contributed by atoms with Crippen LogP contribution in [-0.2, 0) is 17.8 Å². The van der Waals surface area contributed by atoms with E-state index in [0.29, 0.717) is 33.6 Å². The molecule has 2 heterocycles. The fourth-order valence-electron chi connectivity index (χ4n) is 5.31. The zero-order valence-electron chi connectivity index (χ0n) is 25.2. The molecule has 1 unspecified atom stereocenters. The molecule has 0 spiro atoms. The van der Waals surface area contributed by atoms with Gasteiger partial charge in [0.15, 0.2) is 5.78 Å². The lowest BCUT2D eigenvalue weighted by molar-refractivity contribution is -0.117. The van der Waals surface area contributed by atoms with Crippen LogP contribution in [0.1, 0.15) is 63.0 Å². The number of aromatic nitrogens is 2. The van der Waals surface area contributed by atoms with Crippen molar-refractivity contribution in [2.24, 2.45) is 5.73 Å². The first-order chi connectivity index (χ1) is 21.6. The van der Waals surface area contributed by atoms with Crippen LogP contribution in [-0.4, -0.2) is 53.3 Å². The fourth-order valence-corrected chi connectivity index (χ4v) is 5.31. The number of amides is 2. The number of carbonyl (C=O) groups excluding carboxylic acids is 3. The Morgan fingerprint density at radius 3 is 2.36 bits per heavy atom. The molecule has 4 aromatic rings. The minimum atomic E-state index is -0.573. The first-order valence-corrected chi connectivity index (χ1v) is 14.8. The third kappa shape index (κ3) is 7.32. The molecular formula is C34H35FN6O4. The molecule has 1 aliphatic rings. The Morgan fingerprint density at radius 2 is 1.67 bits per heavy atom. The number of anilines is 2. The SMILES string of the molecule is CNC(C)C(=O)Nc1cnc(Cc2cccc(C(N)=O)c2)n(Cc2cc(C(=O)c3ccc(F)cc3)cc(N3CCCC3)c2)c1=O. The van der Waals surface area contributed by atoms with E-state index in [0.717, 1.165) is 31.6 Å². The van der Waals surface area contributed by atoms with Crippen molar-refractivity contribution in [1.82, 2.24) is 14.9 Å². The zero-order chi connectivity index (χ0) is 32.1. The van der Waals surface area contributed by atoms with Crippen molar-refractivity contribution < 1.29 is 18.8 Å². The third-order valence-electron chi connectivity index (χ3n) is 7.95. The van der Waals surface area contributed by atoms with Gasteiger partial charge >= 0.3 is 0 Å². The van der Waals surface area contributed by atoms with Gasteiger partial charge in [0.2, 0.25) is 11.8 Å². The normalized spacial score (nSPS) is 13.4. The molecule has 0 radical (unpaired) electrons. The van der Waals surface area contributed by atoms with E-state index in [4.69, 9.17) is 5.73 Å². The van der Waals surface area contributed by atoms with E-state index >= 15 is 0 Å². The number of likely N-dealkylation sites (N-methyl/N-ethyl adjacent to an activating group) is 1. The summed E-state index contributed by atoms with van der Waals surface area (Å²) in [6.45, 7) is 3.39. The average molecular weight is 611 g/mol. The van der Waals surface area contributed by atoms with E-state index in [2.05, 4.69) is 20.5 Å². The zero-order valence-corrected chi connectivity index (χ0v) is 25.2. The van der Waals surface area contributed by atoms with Crippen molar-refractivity contribution in [2.75, 3.05) is 30.4 Å². The topological polar surface area (TPSA) is 139 Å². The van der Waals surface area contributed by atoms with Crippen LogP contribution in [0, 0.1) is 5.82 Å². The largest absolute Gasteiger partial charge is 0.372 e. The van der Waals surface area contributed by atoms with Gasteiger partial charge in [-0.2, -0.15) is 0 Å². The number of hydrogen-bond acceptors (Lipinski definition) is 7. The number of benzene rings is 3. The van der Waals surface area contributed by atoms with Gasteiger partial charge in [0, 0.05) is 41.9 Å². The number of nitrogens with two attached hydrogens (primary N) is 1. The molecule has 1 saturated heterocycles. The summed E-state index contributed by atoms with van der Waals surface area (Å²) in [6, 6.07) is 17.1. The fraction of sp³-hybridized carbons (Fsp3) is 0.265. The molecular weight excluding hydrogens is 575 g/mol. The van der Waals surface area contributed by atoms with E-state index in [1.165, 1.54) is 35.0 Å². The van der Waals surface area contributed by atoms with Crippen LogP contribution in [0.15, 0.2) is 77.7 Å². The number of rotatable bonds is 11. The minimum Gasteiger partial charge on any atom is -0.372 e.